The van der Waals surface area contributed by atoms with Crippen molar-refractivity contribution in [2.24, 2.45) is 0 Å². The summed E-state index contributed by atoms with van der Waals surface area (Å²) in [4.78, 5) is 0. The van der Waals surface area contributed by atoms with E-state index < -0.39 is 0 Å². The van der Waals surface area contributed by atoms with E-state index in [9.17, 15) is 5.11 Å². The van der Waals surface area contributed by atoms with Crippen LogP contribution in [0.15, 0.2) is 51.5 Å². The number of aromatic nitrogens is 1. The Labute approximate surface area is 106 Å². The fourth-order valence-corrected chi connectivity index (χ4v) is 2.03. The van der Waals surface area contributed by atoms with E-state index in [-0.39, 0.29) is 5.75 Å². The van der Waals surface area contributed by atoms with Crippen LogP contribution in [-0.4, -0.2) is 10.3 Å². The van der Waals surface area contributed by atoms with E-state index >= 15 is 0 Å². The number of aromatic hydroxyl groups is 1. The van der Waals surface area contributed by atoms with Crippen LogP contribution in [-0.2, 0) is 0 Å². The van der Waals surface area contributed by atoms with Gasteiger partial charge in [0.15, 0.2) is 5.75 Å². The monoisotopic (exact) mass is 289 g/mol. The lowest BCUT2D eigenvalue weighted by Crippen LogP contribution is -1.77. The van der Waals surface area contributed by atoms with Crippen LogP contribution in [0, 0.1) is 0 Å². The maximum absolute atomic E-state index is 9.63. The Hall–Kier alpha value is -1.81. The SMILES string of the molecule is Oc1cccc2c(-c3ccc(Br)cc3)noc12. The molecule has 1 N–H and O–H groups in total. The molecular formula is C13H8BrNO2. The van der Waals surface area contributed by atoms with Crippen LogP contribution in [0.2, 0.25) is 0 Å². The summed E-state index contributed by atoms with van der Waals surface area (Å²) in [5.74, 6) is 0.110. The average molecular weight is 290 g/mol. The molecule has 0 unspecified atom stereocenters. The van der Waals surface area contributed by atoms with Gasteiger partial charge in [0.05, 0.1) is 5.39 Å². The minimum Gasteiger partial charge on any atom is -0.504 e. The van der Waals surface area contributed by atoms with Gasteiger partial charge in [-0.05, 0) is 24.3 Å². The highest BCUT2D eigenvalue weighted by Gasteiger charge is 2.12. The zero-order valence-corrected chi connectivity index (χ0v) is 10.3. The predicted molar refractivity (Wildman–Crippen MR) is 68.8 cm³/mol. The first-order chi connectivity index (χ1) is 8.25. The molecule has 0 spiro atoms. The van der Waals surface area contributed by atoms with Gasteiger partial charge in [-0.2, -0.15) is 0 Å². The van der Waals surface area contributed by atoms with E-state index in [1.807, 2.05) is 30.3 Å². The normalized spacial score (nSPS) is 10.9. The molecule has 0 saturated heterocycles. The third-order valence-corrected chi connectivity index (χ3v) is 3.12. The van der Waals surface area contributed by atoms with Gasteiger partial charge < -0.3 is 9.63 Å². The van der Waals surface area contributed by atoms with Gasteiger partial charge in [-0.25, -0.2) is 0 Å². The molecule has 0 bridgehead atoms. The van der Waals surface area contributed by atoms with E-state index in [4.69, 9.17) is 4.52 Å². The molecule has 0 aliphatic heterocycles. The minimum atomic E-state index is 0.110. The zero-order chi connectivity index (χ0) is 11.8. The number of nitrogens with zero attached hydrogens (tertiary/aromatic N) is 1. The van der Waals surface area contributed by atoms with Crippen molar-refractivity contribution in [3.63, 3.8) is 0 Å². The van der Waals surface area contributed by atoms with Crippen LogP contribution < -0.4 is 0 Å². The molecule has 0 aliphatic rings. The van der Waals surface area contributed by atoms with Crippen molar-refractivity contribution < 1.29 is 9.63 Å². The van der Waals surface area contributed by atoms with Crippen molar-refractivity contribution >= 4 is 26.9 Å². The summed E-state index contributed by atoms with van der Waals surface area (Å²) in [6.45, 7) is 0. The van der Waals surface area contributed by atoms with E-state index in [0.29, 0.717) is 5.58 Å². The molecule has 0 radical (unpaired) electrons. The Kier molecular flexibility index (Phi) is 2.37. The maximum atomic E-state index is 9.63. The summed E-state index contributed by atoms with van der Waals surface area (Å²) >= 11 is 3.39. The molecule has 0 saturated carbocycles. The second kappa shape index (κ2) is 3.89. The molecule has 0 aliphatic carbocycles. The first-order valence-electron chi connectivity index (χ1n) is 5.09. The van der Waals surface area contributed by atoms with Crippen molar-refractivity contribution in [1.29, 1.82) is 0 Å². The highest BCUT2D eigenvalue weighted by molar-refractivity contribution is 9.10. The molecule has 1 aromatic heterocycles. The van der Waals surface area contributed by atoms with Crippen molar-refractivity contribution in [3.8, 4) is 17.0 Å². The van der Waals surface area contributed by atoms with Gasteiger partial charge in [0, 0.05) is 10.0 Å². The van der Waals surface area contributed by atoms with E-state index in [1.165, 1.54) is 0 Å². The molecule has 17 heavy (non-hydrogen) atoms. The third kappa shape index (κ3) is 1.70. The number of para-hydroxylation sites is 1. The largest absolute Gasteiger partial charge is 0.504 e. The summed E-state index contributed by atoms with van der Waals surface area (Å²) in [7, 11) is 0. The Balaban J connectivity index is 2.24. The smallest absolute Gasteiger partial charge is 0.209 e. The Bertz CT molecular complexity index is 673. The third-order valence-electron chi connectivity index (χ3n) is 2.60. The Morgan fingerprint density at radius 3 is 2.59 bits per heavy atom. The van der Waals surface area contributed by atoms with Crippen molar-refractivity contribution in [3.05, 3.63) is 46.9 Å². The van der Waals surface area contributed by atoms with Crippen molar-refractivity contribution in [2.45, 2.75) is 0 Å². The quantitative estimate of drug-likeness (QED) is 0.737. The van der Waals surface area contributed by atoms with Gasteiger partial charge in [0.1, 0.15) is 5.69 Å². The van der Waals surface area contributed by atoms with Crippen LogP contribution in [0.25, 0.3) is 22.2 Å². The first kappa shape index (κ1) is 10.4. The van der Waals surface area contributed by atoms with Gasteiger partial charge >= 0.3 is 0 Å². The number of hydrogen-bond donors (Lipinski definition) is 1. The minimum absolute atomic E-state index is 0.110. The van der Waals surface area contributed by atoms with Crippen molar-refractivity contribution in [1.82, 2.24) is 5.16 Å². The number of phenolic OH excluding ortho intramolecular Hbond substituents is 1. The van der Waals surface area contributed by atoms with Crippen LogP contribution >= 0.6 is 15.9 Å². The molecule has 0 atom stereocenters. The fraction of sp³-hybridized carbons (Fsp3) is 0. The number of phenols is 1. The topological polar surface area (TPSA) is 46.3 Å². The highest BCUT2D eigenvalue weighted by Crippen LogP contribution is 2.32. The molecule has 2 aromatic carbocycles. The molecule has 0 fully saturated rings. The number of rotatable bonds is 1. The number of benzene rings is 2. The van der Waals surface area contributed by atoms with E-state index in [1.54, 1.807) is 12.1 Å². The van der Waals surface area contributed by atoms with Gasteiger partial charge in [0.2, 0.25) is 5.58 Å². The Morgan fingerprint density at radius 1 is 1.06 bits per heavy atom. The Morgan fingerprint density at radius 2 is 1.82 bits per heavy atom. The van der Waals surface area contributed by atoms with Crippen LogP contribution in [0.1, 0.15) is 0 Å². The second-order valence-corrected chi connectivity index (χ2v) is 4.61. The number of halogens is 1. The lowest BCUT2D eigenvalue weighted by atomic mass is 10.1. The fourth-order valence-electron chi connectivity index (χ4n) is 1.76. The predicted octanol–water partition coefficient (Wildman–Crippen LogP) is 3.96. The molecule has 3 nitrogen and oxygen atoms in total. The van der Waals surface area contributed by atoms with Gasteiger partial charge in [0.25, 0.3) is 0 Å². The van der Waals surface area contributed by atoms with Crippen LogP contribution in [0.3, 0.4) is 0 Å². The van der Waals surface area contributed by atoms with Gasteiger partial charge in [-0.1, -0.05) is 39.3 Å². The van der Waals surface area contributed by atoms with Crippen LogP contribution in [0.5, 0.6) is 5.75 Å². The zero-order valence-electron chi connectivity index (χ0n) is 8.72. The summed E-state index contributed by atoms with van der Waals surface area (Å²) < 4.78 is 6.16. The summed E-state index contributed by atoms with van der Waals surface area (Å²) in [6.07, 6.45) is 0. The summed E-state index contributed by atoms with van der Waals surface area (Å²) in [6, 6.07) is 13.0. The molecular weight excluding hydrogens is 282 g/mol. The molecule has 3 rings (SSSR count). The number of hydrogen-bond acceptors (Lipinski definition) is 3. The highest BCUT2D eigenvalue weighted by atomic mass is 79.9. The van der Waals surface area contributed by atoms with E-state index in [0.717, 1.165) is 21.1 Å². The molecule has 1 heterocycles. The van der Waals surface area contributed by atoms with Crippen LogP contribution in [0.4, 0.5) is 0 Å². The number of fused-ring (bicyclic) bond motifs is 1. The molecule has 3 aromatic rings. The molecule has 84 valence electrons. The molecule has 0 amide bonds. The second-order valence-electron chi connectivity index (χ2n) is 3.69. The lowest BCUT2D eigenvalue weighted by molar-refractivity contribution is 0.424. The lowest BCUT2D eigenvalue weighted by Gasteiger charge is -1.97. The maximum Gasteiger partial charge on any atom is 0.209 e. The van der Waals surface area contributed by atoms with E-state index in [2.05, 4.69) is 21.1 Å². The van der Waals surface area contributed by atoms with Gasteiger partial charge in [-0.15, -0.1) is 0 Å². The summed E-state index contributed by atoms with van der Waals surface area (Å²) in [5, 5.41) is 14.5. The summed E-state index contributed by atoms with van der Waals surface area (Å²) in [5.41, 5.74) is 2.12. The average Bonchev–Trinajstić information content (AvgIpc) is 2.75. The first-order valence-corrected chi connectivity index (χ1v) is 5.88. The standard InChI is InChI=1S/C13H8BrNO2/c14-9-6-4-8(5-7-9)12-10-2-1-3-11(16)13(10)17-15-12/h1-7,16H. The van der Waals surface area contributed by atoms with Crippen molar-refractivity contribution in [2.75, 3.05) is 0 Å². The van der Waals surface area contributed by atoms with Gasteiger partial charge in [-0.3, -0.25) is 0 Å². The molecule has 4 heteroatoms.